The highest BCUT2D eigenvalue weighted by molar-refractivity contribution is 6.00. The van der Waals surface area contributed by atoms with Gasteiger partial charge in [-0.3, -0.25) is 4.79 Å². The average Bonchev–Trinajstić information content (AvgIpc) is 3.27. The average molecular weight is 466 g/mol. The van der Waals surface area contributed by atoms with E-state index in [0.29, 0.717) is 38.4 Å². The van der Waals surface area contributed by atoms with Gasteiger partial charge in [-0.05, 0) is 46.7 Å². The predicted molar refractivity (Wildman–Crippen MR) is 135 cm³/mol. The largest absolute Gasteiger partial charge is 0.378 e. The molecule has 4 aromatic carbocycles. The Morgan fingerprint density at radius 1 is 0.914 bits per heavy atom. The van der Waals surface area contributed by atoms with Gasteiger partial charge in [-0.25, -0.2) is 9.37 Å². The number of fused-ring (bicyclic) bond motifs is 2. The van der Waals surface area contributed by atoms with E-state index in [1.807, 2.05) is 41.3 Å². The summed E-state index contributed by atoms with van der Waals surface area (Å²) in [7, 11) is 0. The topological polar surface area (TPSA) is 47.4 Å². The summed E-state index contributed by atoms with van der Waals surface area (Å²) < 4.78 is 21.1. The molecule has 35 heavy (non-hydrogen) atoms. The van der Waals surface area contributed by atoms with Crippen LogP contribution in [0.2, 0.25) is 0 Å². The Morgan fingerprint density at radius 2 is 1.69 bits per heavy atom. The van der Waals surface area contributed by atoms with E-state index in [0.717, 1.165) is 38.8 Å². The van der Waals surface area contributed by atoms with Crippen LogP contribution in [0.3, 0.4) is 0 Å². The maximum Gasteiger partial charge on any atom is 0.254 e. The summed E-state index contributed by atoms with van der Waals surface area (Å²) in [4.78, 5) is 20.0. The van der Waals surface area contributed by atoms with Crippen molar-refractivity contribution in [1.82, 2.24) is 14.5 Å². The molecule has 1 aliphatic heterocycles. The Labute approximate surface area is 202 Å². The lowest BCUT2D eigenvalue weighted by molar-refractivity contribution is 0.0303. The SMILES string of the molecule is O=C(c1ccc2nc(-c3cccc4ccccc34)n(Cc3ccc(F)cc3)c2c1)N1CCOCC1. The zero-order valence-electron chi connectivity index (χ0n) is 19.2. The van der Waals surface area contributed by atoms with Crippen LogP contribution >= 0.6 is 0 Å². The zero-order valence-corrected chi connectivity index (χ0v) is 19.2. The van der Waals surface area contributed by atoms with Crippen molar-refractivity contribution in [1.29, 1.82) is 0 Å². The molecule has 1 aliphatic rings. The molecule has 6 rings (SSSR count). The van der Waals surface area contributed by atoms with Crippen molar-refractivity contribution < 1.29 is 13.9 Å². The number of benzene rings is 4. The second kappa shape index (κ2) is 8.96. The van der Waals surface area contributed by atoms with Gasteiger partial charge in [0, 0.05) is 30.8 Å². The molecule has 0 saturated carbocycles. The number of hydrogen-bond acceptors (Lipinski definition) is 3. The first-order valence-electron chi connectivity index (χ1n) is 11.8. The van der Waals surface area contributed by atoms with Gasteiger partial charge < -0.3 is 14.2 Å². The maximum absolute atomic E-state index is 13.6. The lowest BCUT2D eigenvalue weighted by Gasteiger charge is -2.26. The minimum Gasteiger partial charge on any atom is -0.378 e. The van der Waals surface area contributed by atoms with E-state index in [1.54, 1.807) is 12.1 Å². The maximum atomic E-state index is 13.6. The van der Waals surface area contributed by atoms with Gasteiger partial charge in [-0.1, -0.05) is 54.6 Å². The van der Waals surface area contributed by atoms with Crippen LogP contribution in [0.4, 0.5) is 4.39 Å². The molecule has 0 N–H and O–H groups in total. The highest BCUT2D eigenvalue weighted by atomic mass is 19.1. The van der Waals surface area contributed by atoms with Crippen LogP contribution in [0.25, 0.3) is 33.2 Å². The van der Waals surface area contributed by atoms with E-state index >= 15 is 0 Å². The summed E-state index contributed by atoms with van der Waals surface area (Å²) in [5.41, 5.74) is 4.29. The van der Waals surface area contributed by atoms with E-state index in [1.165, 1.54) is 12.1 Å². The molecule has 6 heteroatoms. The molecule has 0 radical (unpaired) electrons. The van der Waals surface area contributed by atoms with E-state index in [-0.39, 0.29) is 11.7 Å². The molecule has 1 amide bonds. The Balaban J connectivity index is 1.52. The van der Waals surface area contributed by atoms with Crippen LogP contribution in [0.1, 0.15) is 15.9 Å². The van der Waals surface area contributed by atoms with Crippen molar-refractivity contribution in [2.45, 2.75) is 6.54 Å². The number of amides is 1. The van der Waals surface area contributed by atoms with Crippen molar-refractivity contribution in [3.8, 4) is 11.4 Å². The highest BCUT2D eigenvalue weighted by Crippen LogP contribution is 2.32. The fourth-order valence-electron chi connectivity index (χ4n) is 4.76. The first-order valence-corrected chi connectivity index (χ1v) is 11.8. The summed E-state index contributed by atoms with van der Waals surface area (Å²) in [5.74, 6) is 0.547. The minimum absolute atomic E-state index is 0.00329. The molecule has 5 nitrogen and oxygen atoms in total. The number of ether oxygens (including phenoxy) is 1. The predicted octanol–water partition coefficient (Wildman–Crippen LogP) is 5.52. The second-order valence-electron chi connectivity index (χ2n) is 8.78. The number of imidazole rings is 1. The van der Waals surface area contributed by atoms with Gasteiger partial charge in [-0.2, -0.15) is 0 Å². The number of nitrogens with zero attached hydrogens (tertiary/aromatic N) is 3. The number of halogens is 1. The number of aromatic nitrogens is 2. The van der Waals surface area contributed by atoms with Crippen LogP contribution in [0.5, 0.6) is 0 Å². The van der Waals surface area contributed by atoms with Gasteiger partial charge in [0.05, 0.1) is 24.2 Å². The fraction of sp³-hybridized carbons (Fsp3) is 0.172. The van der Waals surface area contributed by atoms with E-state index in [9.17, 15) is 9.18 Å². The molecule has 5 aromatic rings. The molecule has 0 aliphatic carbocycles. The summed E-state index contributed by atoms with van der Waals surface area (Å²) >= 11 is 0. The summed E-state index contributed by atoms with van der Waals surface area (Å²) in [5, 5.41) is 2.24. The fourth-order valence-corrected chi connectivity index (χ4v) is 4.76. The Morgan fingerprint density at radius 3 is 2.51 bits per heavy atom. The molecule has 1 fully saturated rings. The monoisotopic (exact) mass is 465 g/mol. The van der Waals surface area contributed by atoms with Crippen LogP contribution in [0.15, 0.2) is 84.9 Å². The Bertz CT molecular complexity index is 1530. The van der Waals surface area contributed by atoms with Gasteiger partial charge in [0.15, 0.2) is 0 Å². The van der Waals surface area contributed by atoms with Crippen molar-refractivity contribution in [2.75, 3.05) is 26.3 Å². The lowest BCUT2D eigenvalue weighted by Crippen LogP contribution is -2.40. The number of hydrogen-bond donors (Lipinski definition) is 0. The summed E-state index contributed by atoms with van der Waals surface area (Å²) in [6.45, 7) is 2.80. The van der Waals surface area contributed by atoms with Crippen molar-refractivity contribution in [3.05, 3.63) is 102 Å². The molecule has 1 saturated heterocycles. The third-order valence-corrected chi connectivity index (χ3v) is 6.58. The molecule has 0 unspecified atom stereocenters. The number of carbonyl (C=O) groups is 1. The quantitative estimate of drug-likeness (QED) is 0.351. The molecule has 0 bridgehead atoms. The molecule has 174 valence electrons. The summed E-state index contributed by atoms with van der Waals surface area (Å²) in [6, 6.07) is 26.6. The van der Waals surface area contributed by atoms with Crippen LogP contribution in [0, 0.1) is 5.82 Å². The minimum atomic E-state index is -0.267. The second-order valence-corrected chi connectivity index (χ2v) is 8.78. The highest BCUT2D eigenvalue weighted by Gasteiger charge is 2.21. The van der Waals surface area contributed by atoms with Crippen molar-refractivity contribution in [2.24, 2.45) is 0 Å². The van der Waals surface area contributed by atoms with Crippen LogP contribution in [-0.4, -0.2) is 46.7 Å². The molecule has 0 spiro atoms. The lowest BCUT2D eigenvalue weighted by atomic mass is 10.0. The number of rotatable bonds is 4. The normalized spacial score (nSPS) is 14.0. The Hall–Kier alpha value is -4.03. The third-order valence-electron chi connectivity index (χ3n) is 6.58. The van der Waals surface area contributed by atoms with E-state index in [2.05, 4.69) is 28.8 Å². The molecular formula is C29H24FN3O2. The number of morpholine rings is 1. The molecule has 2 heterocycles. The van der Waals surface area contributed by atoms with Gasteiger partial charge >= 0.3 is 0 Å². The van der Waals surface area contributed by atoms with Gasteiger partial charge in [0.2, 0.25) is 0 Å². The first-order chi connectivity index (χ1) is 17.2. The first kappa shape index (κ1) is 21.5. The summed E-state index contributed by atoms with van der Waals surface area (Å²) in [6.07, 6.45) is 0. The Kier molecular flexibility index (Phi) is 5.51. The van der Waals surface area contributed by atoms with E-state index in [4.69, 9.17) is 9.72 Å². The van der Waals surface area contributed by atoms with Crippen LogP contribution in [-0.2, 0) is 11.3 Å². The van der Waals surface area contributed by atoms with Gasteiger partial charge in [-0.15, -0.1) is 0 Å². The van der Waals surface area contributed by atoms with Gasteiger partial charge in [0.25, 0.3) is 5.91 Å². The molecule has 0 atom stereocenters. The van der Waals surface area contributed by atoms with E-state index < -0.39 is 0 Å². The number of carbonyl (C=O) groups excluding carboxylic acids is 1. The smallest absolute Gasteiger partial charge is 0.254 e. The van der Waals surface area contributed by atoms with Crippen molar-refractivity contribution >= 4 is 27.7 Å². The van der Waals surface area contributed by atoms with Crippen molar-refractivity contribution in [3.63, 3.8) is 0 Å². The van der Waals surface area contributed by atoms with Gasteiger partial charge in [0.1, 0.15) is 11.6 Å². The standard InChI is InChI=1S/C29H24FN3O2/c30-23-11-8-20(9-12-23)19-33-27-18-22(29(34)32-14-16-35-17-15-32)10-13-26(27)31-28(33)25-7-3-5-21-4-1-2-6-24(21)25/h1-13,18H,14-17,19H2. The molecule has 1 aromatic heterocycles. The van der Waals surface area contributed by atoms with Crippen LogP contribution < -0.4 is 0 Å². The molecular weight excluding hydrogens is 441 g/mol. The third kappa shape index (κ3) is 4.06. The zero-order chi connectivity index (χ0) is 23.8.